The number of nitrogens with zero attached hydrogens (tertiary/aromatic N) is 1. The van der Waals surface area contributed by atoms with Crippen molar-refractivity contribution in [1.29, 1.82) is 0 Å². The van der Waals surface area contributed by atoms with E-state index in [-0.39, 0.29) is 5.91 Å². The Hall–Kier alpha value is -1.02. The van der Waals surface area contributed by atoms with Gasteiger partial charge in [-0.25, -0.2) is 0 Å². The zero-order valence-corrected chi connectivity index (χ0v) is 8.72. The number of rotatable bonds is 1. The van der Waals surface area contributed by atoms with E-state index in [1.54, 1.807) is 7.05 Å². The van der Waals surface area contributed by atoms with E-state index < -0.39 is 0 Å². The molecule has 0 atom stereocenters. The van der Waals surface area contributed by atoms with Crippen molar-refractivity contribution in [2.75, 3.05) is 11.9 Å². The summed E-state index contributed by atoms with van der Waals surface area (Å²) in [7, 11) is 1.71. The fourth-order valence-corrected chi connectivity index (χ4v) is 1.31. The lowest BCUT2D eigenvalue weighted by molar-refractivity contribution is -0.116. The highest BCUT2D eigenvalue weighted by Gasteiger charge is 2.10. The average molecular weight is 198 g/mol. The smallest absolute Gasteiger partial charge is 0.223 e. The Balaban J connectivity index is 3.15. The highest BCUT2D eigenvalue weighted by molar-refractivity contribution is 6.34. The first-order chi connectivity index (χ1) is 6.04. The maximum absolute atomic E-state index is 11.1. The van der Waals surface area contributed by atoms with Crippen molar-refractivity contribution < 1.29 is 4.79 Å². The number of halogens is 1. The molecule has 0 aliphatic carbocycles. The molecular formula is C10H12ClNO. The second-order valence-corrected chi connectivity index (χ2v) is 3.36. The Morgan fingerprint density at radius 1 is 1.46 bits per heavy atom. The summed E-state index contributed by atoms with van der Waals surface area (Å²) in [6.07, 6.45) is 0. The molecule has 0 aliphatic heterocycles. The van der Waals surface area contributed by atoms with E-state index in [9.17, 15) is 4.79 Å². The van der Waals surface area contributed by atoms with E-state index in [2.05, 4.69) is 0 Å². The lowest BCUT2D eigenvalue weighted by Crippen LogP contribution is -2.23. The third-order valence-electron chi connectivity index (χ3n) is 2.01. The Labute approximate surface area is 83.1 Å². The molecule has 0 radical (unpaired) electrons. The molecule has 1 rings (SSSR count). The first kappa shape index (κ1) is 10.1. The van der Waals surface area contributed by atoms with Gasteiger partial charge in [0.05, 0.1) is 10.7 Å². The normalized spacial score (nSPS) is 9.85. The fraction of sp³-hybridized carbons (Fsp3) is 0.300. The molecule has 0 aromatic heterocycles. The SMILES string of the molecule is CC(=O)N(C)c1cccc(C)c1Cl. The Kier molecular flexibility index (Phi) is 2.94. The minimum Gasteiger partial charge on any atom is -0.314 e. The van der Waals surface area contributed by atoms with E-state index in [0.717, 1.165) is 11.3 Å². The summed E-state index contributed by atoms with van der Waals surface area (Å²) >= 11 is 6.04. The molecule has 0 fully saturated rings. The quantitative estimate of drug-likeness (QED) is 0.678. The van der Waals surface area contributed by atoms with Gasteiger partial charge in [-0.3, -0.25) is 4.79 Å². The maximum Gasteiger partial charge on any atom is 0.223 e. The fourth-order valence-electron chi connectivity index (χ4n) is 1.06. The van der Waals surface area contributed by atoms with Crippen molar-refractivity contribution in [3.05, 3.63) is 28.8 Å². The van der Waals surface area contributed by atoms with Crippen molar-refractivity contribution in [3.8, 4) is 0 Å². The summed E-state index contributed by atoms with van der Waals surface area (Å²) in [5, 5.41) is 0.639. The molecule has 0 heterocycles. The van der Waals surface area contributed by atoms with Crippen LogP contribution in [0.3, 0.4) is 0 Å². The molecule has 0 aliphatic rings. The number of hydrogen-bond donors (Lipinski definition) is 0. The third-order valence-corrected chi connectivity index (χ3v) is 2.50. The molecule has 1 aromatic rings. The molecule has 0 spiro atoms. The van der Waals surface area contributed by atoms with Crippen molar-refractivity contribution in [2.24, 2.45) is 0 Å². The highest BCUT2D eigenvalue weighted by atomic mass is 35.5. The van der Waals surface area contributed by atoms with Gasteiger partial charge in [0.15, 0.2) is 0 Å². The minimum absolute atomic E-state index is 0.0208. The van der Waals surface area contributed by atoms with Gasteiger partial charge in [-0.05, 0) is 18.6 Å². The standard InChI is InChI=1S/C10H12ClNO/c1-7-5-4-6-9(10(7)11)12(3)8(2)13/h4-6H,1-3H3. The summed E-state index contributed by atoms with van der Waals surface area (Å²) in [6.45, 7) is 3.43. The van der Waals surface area contributed by atoms with Crippen molar-refractivity contribution in [1.82, 2.24) is 0 Å². The molecule has 0 saturated carbocycles. The number of carbonyl (C=O) groups is 1. The largest absolute Gasteiger partial charge is 0.314 e. The van der Waals surface area contributed by atoms with Gasteiger partial charge in [0.25, 0.3) is 0 Å². The van der Waals surface area contributed by atoms with Gasteiger partial charge in [0.2, 0.25) is 5.91 Å². The first-order valence-corrected chi connectivity index (χ1v) is 4.41. The number of benzene rings is 1. The zero-order chi connectivity index (χ0) is 10.0. The van der Waals surface area contributed by atoms with Gasteiger partial charge < -0.3 is 4.90 Å². The number of anilines is 1. The van der Waals surface area contributed by atoms with Crippen LogP contribution in [0.1, 0.15) is 12.5 Å². The van der Waals surface area contributed by atoms with Gasteiger partial charge in [0, 0.05) is 14.0 Å². The van der Waals surface area contributed by atoms with Crippen molar-refractivity contribution in [3.63, 3.8) is 0 Å². The Morgan fingerprint density at radius 3 is 2.62 bits per heavy atom. The lowest BCUT2D eigenvalue weighted by atomic mass is 10.2. The number of hydrogen-bond acceptors (Lipinski definition) is 1. The summed E-state index contributed by atoms with van der Waals surface area (Å²) in [5.74, 6) is -0.0208. The Bertz CT molecular complexity index is 336. The van der Waals surface area contributed by atoms with Crippen LogP contribution >= 0.6 is 11.6 Å². The van der Waals surface area contributed by atoms with Crippen LogP contribution < -0.4 is 4.90 Å². The van der Waals surface area contributed by atoms with Gasteiger partial charge >= 0.3 is 0 Å². The average Bonchev–Trinajstić information content (AvgIpc) is 2.08. The van der Waals surface area contributed by atoms with Crippen LogP contribution in [0.25, 0.3) is 0 Å². The molecule has 2 nitrogen and oxygen atoms in total. The number of amides is 1. The van der Waals surface area contributed by atoms with E-state index in [1.165, 1.54) is 11.8 Å². The number of carbonyl (C=O) groups excluding carboxylic acids is 1. The monoisotopic (exact) mass is 197 g/mol. The molecule has 0 unspecified atom stereocenters. The Morgan fingerprint density at radius 2 is 2.08 bits per heavy atom. The van der Waals surface area contributed by atoms with Gasteiger partial charge in [-0.2, -0.15) is 0 Å². The summed E-state index contributed by atoms with van der Waals surface area (Å²) in [5.41, 5.74) is 1.74. The summed E-state index contributed by atoms with van der Waals surface area (Å²) < 4.78 is 0. The van der Waals surface area contributed by atoms with E-state index >= 15 is 0 Å². The van der Waals surface area contributed by atoms with E-state index in [4.69, 9.17) is 11.6 Å². The van der Waals surface area contributed by atoms with E-state index in [0.29, 0.717) is 5.02 Å². The van der Waals surface area contributed by atoms with Gasteiger partial charge in [-0.15, -0.1) is 0 Å². The van der Waals surface area contributed by atoms with Crippen molar-refractivity contribution >= 4 is 23.2 Å². The molecule has 0 saturated heterocycles. The lowest BCUT2D eigenvalue weighted by Gasteiger charge is -2.17. The topological polar surface area (TPSA) is 20.3 Å². The van der Waals surface area contributed by atoms with Gasteiger partial charge in [0.1, 0.15) is 0 Å². The molecule has 70 valence electrons. The molecule has 0 N–H and O–H groups in total. The van der Waals surface area contributed by atoms with Crippen LogP contribution in [-0.4, -0.2) is 13.0 Å². The van der Waals surface area contributed by atoms with Crippen LogP contribution in [-0.2, 0) is 4.79 Å². The molecule has 13 heavy (non-hydrogen) atoms. The molecule has 1 amide bonds. The van der Waals surface area contributed by atoms with Crippen LogP contribution in [0.15, 0.2) is 18.2 Å². The maximum atomic E-state index is 11.1. The van der Waals surface area contributed by atoms with Crippen LogP contribution in [0.4, 0.5) is 5.69 Å². The second kappa shape index (κ2) is 3.79. The third kappa shape index (κ3) is 2.01. The van der Waals surface area contributed by atoms with Gasteiger partial charge in [-0.1, -0.05) is 23.7 Å². The molecular weight excluding hydrogens is 186 g/mol. The minimum atomic E-state index is -0.0208. The summed E-state index contributed by atoms with van der Waals surface area (Å²) in [4.78, 5) is 12.6. The second-order valence-electron chi connectivity index (χ2n) is 2.99. The number of aryl methyl sites for hydroxylation is 1. The van der Waals surface area contributed by atoms with Crippen molar-refractivity contribution in [2.45, 2.75) is 13.8 Å². The predicted octanol–water partition coefficient (Wildman–Crippen LogP) is 2.63. The molecule has 3 heteroatoms. The predicted molar refractivity (Wildman–Crippen MR) is 55.3 cm³/mol. The first-order valence-electron chi connectivity index (χ1n) is 4.03. The zero-order valence-electron chi connectivity index (χ0n) is 7.97. The summed E-state index contributed by atoms with van der Waals surface area (Å²) in [6, 6.07) is 5.63. The van der Waals surface area contributed by atoms with Crippen LogP contribution in [0, 0.1) is 6.92 Å². The van der Waals surface area contributed by atoms with Crippen LogP contribution in [0.5, 0.6) is 0 Å². The highest BCUT2D eigenvalue weighted by Crippen LogP contribution is 2.27. The molecule has 1 aromatic carbocycles. The van der Waals surface area contributed by atoms with Crippen LogP contribution in [0.2, 0.25) is 5.02 Å². The molecule has 0 bridgehead atoms. The van der Waals surface area contributed by atoms with E-state index in [1.807, 2.05) is 25.1 Å².